The minimum absolute atomic E-state index is 0.120. The molecule has 0 spiro atoms. The lowest BCUT2D eigenvalue weighted by molar-refractivity contribution is 0.150. The molecule has 0 radical (unpaired) electrons. The van der Waals surface area contributed by atoms with Crippen molar-refractivity contribution in [1.29, 1.82) is 0 Å². The van der Waals surface area contributed by atoms with E-state index in [1.807, 2.05) is 59.5 Å². The van der Waals surface area contributed by atoms with E-state index in [9.17, 15) is 9.59 Å². The number of carbonyl (C=O) groups is 1. The van der Waals surface area contributed by atoms with Crippen molar-refractivity contribution in [3.63, 3.8) is 0 Å². The summed E-state index contributed by atoms with van der Waals surface area (Å²) in [5.41, 5.74) is 2.21. The molecule has 1 aliphatic rings. The number of carbonyl (C=O) groups excluding carboxylic acids is 1. The van der Waals surface area contributed by atoms with Gasteiger partial charge in [-0.25, -0.2) is 4.79 Å². The predicted molar refractivity (Wildman–Crippen MR) is 122 cm³/mol. The second-order valence-electron chi connectivity index (χ2n) is 8.14. The number of fused-ring (bicyclic) bond motifs is 1. The molecule has 0 bridgehead atoms. The molecular formula is C25H29N3O3. The SMILES string of the molecule is COc1ccc2cc(CN(C(=O)NCc3ccccc3)C3CCCCC3)c(=O)[nH]c2c1. The van der Waals surface area contributed by atoms with Crippen LogP contribution >= 0.6 is 0 Å². The zero-order chi connectivity index (χ0) is 21.6. The van der Waals surface area contributed by atoms with Crippen molar-refractivity contribution >= 4 is 16.9 Å². The molecule has 0 unspecified atom stereocenters. The number of aromatic amines is 1. The third-order valence-corrected chi connectivity index (χ3v) is 6.03. The first kappa shape index (κ1) is 21.0. The van der Waals surface area contributed by atoms with Crippen molar-refractivity contribution in [2.45, 2.75) is 51.2 Å². The number of hydrogen-bond acceptors (Lipinski definition) is 3. The minimum Gasteiger partial charge on any atom is -0.497 e. The van der Waals surface area contributed by atoms with Gasteiger partial charge in [0.2, 0.25) is 0 Å². The van der Waals surface area contributed by atoms with Gasteiger partial charge < -0.3 is 19.9 Å². The molecule has 6 heteroatoms. The highest BCUT2D eigenvalue weighted by Crippen LogP contribution is 2.25. The van der Waals surface area contributed by atoms with E-state index >= 15 is 0 Å². The third kappa shape index (κ3) is 5.08. The molecule has 2 aromatic carbocycles. The number of hydrogen-bond donors (Lipinski definition) is 2. The number of rotatable bonds is 6. The van der Waals surface area contributed by atoms with Crippen molar-refractivity contribution in [2.75, 3.05) is 7.11 Å². The van der Waals surface area contributed by atoms with Crippen LogP contribution in [0.25, 0.3) is 10.9 Å². The standard InChI is InChI=1S/C25H29N3O3/c1-31-22-13-12-19-14-20(24(29)27-23(19)15-22)17-28(21-10-6-3-7-11-21)25(30)26-16-18-8-4-2-5-9-18/h2,4-5,8-9,12-15,21H,3,6-7,10-11,16-17H2,1H3,(H,26,30)(H,27,29). The Morgan fingerprint density at radius 2 is 1.87 bits per heavy atom. The van der Waals surface area contributed by atoms with E-state index in [1.54, 1.807) is 7.11 Å². The first-order chi connectivity index (χ1) is 15.1. The van der Waals surface area contributed by atoms with Crippen molar-refractivity contribution < 1.29 is 9.53 Å². The van der Waals surface area contributed by atoms with Gasteiger partial charge in [-0.1, -0.05) is 49.6 Å². The monoisotopic (exact) mass is 419 g/mol. The Morgan fingerprint density at radius 1 is 1.10 bits per heavy atom. The highest BCUT2D eigenvalue weighted by atomic mass is 16.5. The largest absolute Gasteiger partial charge is 0.497 e. The zero-order valence-corrected chi connectivity index (χ0v) is 17.9. The lowest BCUT2D eigenvalue weighted by atomic mass is 9.94. The van der Waals surface area contributed by atoms with Gasteiger partial charge in [-0.2, -0.15) is 0 Å². The van der Waals surface area contributed by atoms with Crippen molar-refractivity contribution in [2.24, 2.45) is 0 Å². The predicted octanol–water partition coefficient (Wildman–Crippen LogP) is 4.58. The van der Waals surface area contributed by atoms with E-state index in [-0.39, 0.29) is 17.6 Å². The molecule has 1 aliphatic carbocycles. The Labute approximate surface area is 182 Å². The molecule has 6 nitrogen and oxygen atoms in total. The summed E-state index contributed by atoms with van der Waals surface area (Å²) in [6.45, 7) is 0.763. The van der Waals surface area contributed by atoms with Gasteiger partial charge in [0.1, 0.15) is 5.75 Å². The average molecular weight is 420 g/mol. The molecule has 2 N–H and O–H groups in total. The number of benzene rings is 2. The highest BCUT2D eigenvalue weighted by Gasteiger charge is 2.26. The van der Waals surface area contributed by atoms with E-state index in [0.29, 0.717) is 24.4 Å². The van der Waals surface area contributed by atoms with E-state index in [2.05, 4.69) is 10.3 Å². The number of aromatic nitrogens is 1. The Morgan fingerprint density at radius 3 is 2.61 bits per heavy atom. The lowest BCUT2D eigenvalue weighted by Gasteiger charge is -2.34. The van der Waals surface area contributed by atoms with Gasteiger partial charge in [-0.3, -0.25) is 4.79 Å². The first-order valence-electron chi connectivity index (χ1n) is 10.9. The lowest BCUT2D eigenvalue weighted by Crippen LogP contribution is -2.47. The minimum atomic E-state index is -0.169. The Kier molecular flexibility index (Phi) is 6.55. The number of H-pyrrole nitrogens is 1. The molecule has 1 heterocycles. The van der Waals surface area contributed by atoms with Gasteiger partial charge in [-0.15, -0.1) is 0 Å². The van der Waals surface area contributed by atoms with Crippen LogP contribution < -0.4 is 15.6 Å². The van der Waals surface area contributed by atoms with Gasteiger partial charge in [-0.05, 0) is 42.0 Å². The summed E-state index contributed by atoms with van der Waals surface area (Å²) < 4.78 is 5.25. The number of nitrogens with zero attached hydrogens (tertiary/aromatic N) is 1. The van der Waals surface area contributed by atoms with Crippen LogP contribution in [-0.2, 0) is 13.1 Å². The molecule has 162 valence electrons. The number of nitrogens with one attached hydrogen (secondary N) is 2. The average Bonchev–Trinajstić information content (AvgIpc) is 2.82. The van der Waals surface area contributed by atoms with E-state index in [1.165, 1.54) is 6.42 Å². The maximum Gasteiger partial charge on any atom is 0.318 e. The summed E-state index contributed by atoms with van der Waals surface area (Å²) >= 11 is 0. The number of urea groups is 1. The Bertz CT molecular complexity index is 1090. The molecule has 0 atom stereocenters. The summed E-state index contributed by atoms with van der Waals surface area (Å²) in [5, 5.41) is 3.97. The quantitative estimate of drug-likeness (QED) is 0.614. The smallest absolute Gasteiger partial charge is 0.318 e. The molecule has 0 aliphatic heterocycles. The molecule has 4 rings (SSSR count). The molecule has 31 heavy (non-hydrogen) atoms. The fourth-order valence-corrected chi connectivity index (χ4v) is 4.29. The van der Waals surface area contributed by atoms with Crippen molar-refractivity contribution in [3.8, 4) is 5.75 Å². The fourth-order valence-electron chi connectivity index (χ4n) is 4.29. The van der Waals surface area contributed by atoms with Crippen molar-refractivity contribution in [3.05, 3.63) is 76.1 Å². The van der Waals surface area contributed by atoms with Gasteiger partial charge in [0.05, 0.1) is 19.2 Å². The number of methoxy groups -OCH3 is 1. The van der Waals surface area contributed by atoms with Gasteiger partial charge >= 0.3 is 6.03 Å². The second kappa shape index (κ2) is 9.69. The van der Waals surface area contributed by atoms with Crippen LogP contribution in [0.5, 0.6) is 5.75 Å². The number of amides is 2. The van der Waals surface area contributed by atoms with Crippen LogP contribution in [0.4, 0.5) is 4.79 Å². The summed E-state index contributed by atoms with van der Waals surface area (Å²) in [5.74, 6) is 0.694. The van der Waals surface area contributed by atoms with Gasteiger partial charge in [0.15, 0.2) is 0 Å². The van der Waals surface area contributed by atoms with Gasteiger partial charge in [0, 0.05) is 24.2 Å². The highest BCUT2D eigenvalue weighted by molar-refractivity contribution is 5.80. The fraction of sp³-hybridized carbons (Fsp3) is 0.360. The molecular weight excluding hydrogens is 390 g/mol. The van der Waals surface area contributed by atoms with Crippen LogP contribution in [0, 0.1) is 0 Å². The third-order valence-electron chi connectivity index (χ3n) is 6.03. The summed E-state index contributed by atoms with van der Waals surface area (Å²) in [4.78, 5) is 30.8. The summed E-state index contributed by atoms with van der Waals surface area (Å²) in [6, 6.07) is 17.4. The van der Waals surface area contributed by atoms with Crippen LogP contribution in [0.1, 0.15) is 43.2 Å². The van der Waals surface area contributed by atoms with E-state index in [0.717, 1.165) is 42.1 Å². The van der Waals surface area contributed by atoms with Crippen LogP contribution in [0.3, 0.4) is 0 Å². The van der Waals surface area contributed by atoms with Gasteiger partial charge in [0.25, 0.3) is 5.56 Å². The van der Waals surface area contributed by atoms with E-state index < -0.39 is 0 Å². The molecule has 1 aromatic heterocycles. The molecule has 1 saturated carbocycles. The maximum atomic E-state index is 13.2. The molecule has 2 amide bonds. The number of pyridine rings is 1. The first-order valence-corrected chi connectivity index (χ1v) is 10.9. The maximum absolute atomic E-state index is 13.2. The summed E-state index contributed by atoms with van der Waals surface area (Å²) in [7, 11) is 1.60. The van der Waals surface area contributed by atoms with Crippen LogP contribution in [0.15, 0.2) is 59.4 Å². The normalized spacial score (nSPS) is 14.4. The molecule has 1 fully saturated rings. The zero-order valence-electron chi connectivity index (χ0n) is 17.9. The Balaban J connectivity index is 1.57. The van der Waals surface area contributed by atoms with Crippen LogP contribution in [-0.4, -0.2) is 29.1 Å². The topological polar surface area (TPSA) is 74.4 Å². The van der Waals surface area contributed by atoms with Crippen molar-refractivity contribution in [1.82, 2.24) is 15.2 Å². The second-order valence-corrected chi connectivity index (χ2v) is 8.14. The number of ether oxygens (including phenoxy) is 1. The summed E-state index contributed by atoms with van der Waals surface area (Å²) in [6.07, 6.45) is 5.37. The molecule has 3 aromatic rings. The van der Waals surface area contributed by atoms with E-state index in [4.69, 9.17) is 4.74 Å². The molecule has 0 saturated heterocycles. The Hall–Kier alpha value is -3.28. The van der Waals surface area contributed by atoms with Crippen LogP contribution in [0.2, 0.25) is 0 Å².